The largest absolute Gasteiger partial charge is 0.491 e. The van der Waals surface area contributed by atoms with E-state index in [2.05, 4.69) is 5.32 Å². The number of ether oxygens (including phenoxy) is 1. The summed E-state index contributed by atoms with van der Waals surface area (Å²) >= 11 is 0. The molecule has 0 spiro atoms. The van der Waals surface area contributed by atoms with Crippen molar-refractivity contribution in [2.24, 2.45) is 5.73 Å². The highest BCUT2D eigenvalue weighted by atomic mass is 19.1. The molecule has 0 aliphatic rings. The maximum atomic E-state index is 13.7. The molecule has 0 aromatic heterocycles. The Morgan fingerprint density at radius 2 is 2.12 bits per heavy atom. The Morgan fingerprint density at radius 1 is 1.47 bits per heavy atom. The number of nitrogens with one attached hydrogen (secondary N) is 1. The van der Waals surface area contributed by atoms with E-state index >= 15 is 0 Å². The molecule has 1 atom stereocenters. The molecule has 0 saturated carbocycles. The van der Waals surface area contributed by atoms with Crippen LogP contribution in [0.2, 0.25) is 0 Å². The van der Waals surface area contributed by atoms with Crippen LogP contribution < -0.4 is 15.8 Å². The second kappa shape index (κ2) is 5.47. The van der Waals surface area contributed by atoms with Gasteiger partial charge in [0.1, 0.15) is 0 Å². The molecule has 0 aliphatic carbocycles. The Bertz CT molecular complexity index is 374. The van der Waals surface area contributed by atoms with Gasteiger partial charge in [-0.15, -0.1) is 0 Å². The average Bonchev–Trinajstić information content (AvgIpc) is 2.21. The van der Waals surface area contributed by atoms with Gasteiger partial charge in [0.2, 0.25) is 0 Å². The van der Waals surface area contributed by atoms with Crippen LogP contribution in [-0.2, 0) is 0 Å². The van der Waals surface area contributed by atoms with Gasteiger partial charge in [0.05, 0.1) is 6.61 Å². The first kappa shape index (κ1) is 13.9. The summed E-state index contributed by atoms with van der Waals surface area (Å²) in [5.74, 6) is -0.0743. The molecule has 0 fully saturated rings. The molecule has 1 unspecified atom stereocenters. The van der Waals surface area contributed by atoms with Crippen molar-refractivity contribution in [1.82, 2.24) is 5.32 Å². The number of nitrogens with two attached hydrogens (primary N) is 1. The zero-order chi connectivity index (χ0) is 13.1. The molecule has 0 aliphatic heterocycles. The van der Waals surface area contributed by atoms with Crippen LogP contribution in [0.5, 0.6) is 5.75 Å². The van der Waals surface area contributed by atoms with E-state index in [9.17, 15) is 4.39 Å². The van der Waals surface area contributed by atoms with Crippen molar-refractivity contribution in [3.8, 4) is 5.75 Å². The van der Waals surface area contributed by atoms with Gasteiger partial charge in [-0.2, -0.15) is 0 Å². The SMILES string of the molecule is CCOc1ccc(C(NC)C(C)(C)N)cc1F. The Labute approximate surface area is 102 Å². The predicted octanol–water partition coefficient (Wildman–Crippen LogP) is 2.22. The number of hydrogen-bond acceptors (Lipinski definition) is 3. The van der Waals surface area contributed by atoms with Crippen molar-refractivity contribution in [1.29, 1.82) is 0 Å². The van der Waals surface area contributed by atoms with Gasteiger partial charge in [-0.1, -0.05) is 6.07 Å². The van der Waals surface area contributed by atoms with Crippen LogP contribution in [0.1, 0.15) is 32.4 Å². The Balaban J connectivity index is 3.03. The second-order valence-corrected chi connectivity index (χ2v) is 4.67. The second-order valence-electron chi connectivity index (χ2n) is 4.67. The van der Waals surface area contributed by atoms with Crippen LogP contribution in [0.4, 0.5) is 4.39 Å². The normalized spacial score (nSPS) is 13.5. The van der Waals surface area contributed by atoms with Crippen LogP contribution in [0.25, 0.3) is 0 Å². The van der Waals surface area contributed by atoms with Gasteiger partial charge in [0.15, 0.2) is 11.6 Å². The van der Waals surface area contributed by atoms with Gasteiger partial charge in [-0.25, -0.2) is 4.39 Å². The summed E-state index contributed by atoms with van der Waals surface area (Å²) in [6.07, 6.45) is 0. The standard InChI is InChI=1S/C13H21FN2O/c1-5-17-11-7-6-9(8-10(11)14)12(16-4)13(2,3)15/h6-8,12,16H,5,15H2,1-4H3. The van der Waals surface area contributed by atoms with E-state index in [1.165, 1.54) is 6.07 Å². The van der Waals surface area contributed by atoms with Crippen molar-refractivity contribution < 1.29 is 9.13 Å². The third kappa shape index (κ3) is 3.41. The van der Waals surface area contributed by atoms with Crippen molar-refractivity contribution in [3.05, 3.63) is 29.6 Å². The summed E-state index contributed by atoms with van der Waals surface area (Å²) < 4.78 is 18.9. The molecule has 3 nitrogen and oxygen atoms in total. The van der Waals surface area contributed by atoms with Crippen molar-refractivity contribution in [3.63, 3.8) is 0 Å². The molecule has 1 aromatic rings. The van der Waals surface area contributed by atoms with E-state index in [4.69, 9.17) is 10.5 Å². The smallest absolute Gasteiger partial charge is 0.165 e. The number of benzene rings is 1. The zero-order valence-corrected chi connectivity index (χ0v) is 10.9. The van der Waals surface area contributed by atoms with E-state index in [1.54, 1.807) is 6.07 Å². The molecule has 17 heavy (non-hydrogen) atoms. The maximum absolute atomic E-state index is 13.7. The van der Waals surface area contributed by atoms with Crippen LogP contribution >= 0.6 is 0 Å². The van der Waals surface area contributed by atoms with Crippen LogP contribution in [0, 0.1) is 5.82 Å². The molecule has 4 heteroatoms. The Kier molecular flexibility index (Phi) is 4.48. The molecule has 3 N–H and O–H groups in total. The molecule has 1 aromatic carbocycles. The highest BCUT2D eigenvalue weighted by molar-refractivity contribution is 5.32. The highest BCUT2D eigenvalue weighted by Gasteiger charge is 2.25. The number of rotatable bonds is 5. The van der Waals surface area contributed by atoms with Crippen LogP contribution in [0.3, 0.4) is 0 Å². The Hall–Kier alpha value is -1.13. The topological polar surface area (TPSA) is 47.3 Å². The van der Waals surface area contributed by atoms with Gasteiger partial charge < -0.3 is 15.8 Å². The first-order valence-corrected chi connectivity index (χ1v) is 5.78. The fourth-order valence-electron chi connectivity index (χ4n) is 1.94. The maximum Gasteiger partial charge on any atom is 0.165 e. The van der Waals surface area contributed by atoms with Crippen molar-refractivity contribution >= 4 is 0 Å². The van der Waals surface area contributed by atoms with E-state index in [0.29, 0.717) is 6.61 Å². The monoisotopic (exact) mass is 240 g/mol. The molecular weight excluding hydrogens is 219 g/mol. The molecule has 0 amide bonds. The van der Waals surface area contributed by atoms with Gasteiger partial charge in [0.25, 0.3) is 0 Å². The summed E-state index contributed by atoms with van der Waals surface area (Å²) in [6.45, 7) is 6.09. The first-order valence-electron chi connectivity index (χ1n) is 5.78. The number of likely N-dealkylation sites (N-methyl/N-ethyl adjacent to an activating group) is 1. The summed E-state index contributed by atoms with van der Waals surface area (Å²) in [5, 5.41) is 3.10. The zero-order valence-electron chi connectivity index (χ0n) is 10.9. The molecule has 0 heterocycles. The fourth-order valence-corrected chi connectivity index (χ4v) is 1.94. The molecule has 1 rings (SSSR count). The van der Waals surface area contributed by atoms with E-state index in [0.717, 1.165) is 5.56 Å². The number of halogens is 1. The van der Waals surface area contributed by atoms with Crippen LogP contribution in [0.15, 0.2) is 18.2 Å². The molecule has 0 bridgehead atoms. The van der Waals surface area contributed by atoms with E-state index < -0.39 is 5.54 Å². The summed E-state index contributed by atoms with van der Waals surface area (Å²) in [4.78, 5) is 0. The Morgan fingerprint density at radius 3 is 2.53 bits per heavy atom. The van der Waals surface area contributed by atoms with Crippen molar-refractivity contribution in [2.75, 3.05) is 13.7 Å². The van der Waals surface area contributed by atoms with Gasteiger partial charge in [0, 0.05) is 11.6 Å². The minimum absolute atomic E-state index is 0.104. The van der Waals surface area contributed by atoms with Gasteiger partial charge >= 0.3 is 0 Å². The van der Waals surface area contributed by atoms with E-state index in [1.807, 2.05) is 33.9 Å². The minimum Gasteiger partial charge on any atom is -0.491 e. The third-order valence-corrected chi connectivity index (χ3v) is 2.62. The lowest BCUT2D eigenvalue weighted by molar-refractivity contribution is 0.319. The van der Waals surface area contributed by atoms with Gasteiger partial charge in [-0.3, -0.25) is 0 Å². The molecule has 0 saturated heterocycles. The molecular formula is C13H21FN2O. The first-order chi connectivity index (χ1) is 7.90. The minimum atomic E-state index is -0.464. The van der Waals surface area contributed by atoms with E-state index in [-0.39, 0.29) is 17.6 Å². The predicted molar refractivity (Wildman–Crippen MR) is 67.6 cm³/mol. The summed E-state index contributed by atoms with van der Waals surface area (Å²) in [7, 11) is 1.81. The average molecular weight is 240 g/mol. The molecule has 0 radical (unpaired) electrons. The fraction of sp³-hybridized carbons (Fsp3) is 0.538. The summed E-state index contributed by atoms with van der Waals surface area (Å²) in [6, 6.07) is 4.85. The quantitative estimate of drug-likeness (QED) is 0.829. The third-order valence-electron chi connectivity index (χ3n) is 2.62. The lowest BCUT2D eigenvalue weighted by Gasteiger charge is -2.30. The van der Waals surface area contributed by atoms with Crippen molar-refractivity contribution in [2.45, 2.75) is 32.4 Å². The highest BCUT2D eigenvalue weighted by Crippen LogP contribution is 2.27. The lowest BCUT2D eigenvalue weighted by atomic mass is 9.89. The van der Waals surface area contributed by atoms with Gasteiger partial charge in [-0.05, 0) is 45.5 Å². The lowest BCUT2D eigenvalue weighted by Crippen LogP contribution is -2.45. The number of hydrogen-bond donors (Lipinski definition) is 2. The van der Waals surface area contributed by atoms with Crippen LogP contribution in [-0.4, -0.2) is 19.2 Å². The summed E-state index contributed by atoms with van der Waals surface area (Å²) in [5.41, 5.74) is 6.41. The molecule has 96 valence electrons.